The number of ether oxygens (including phenoxy) is 1. The largest absolute Gasteiger partial charge is 1.00 e. The predicted octanol–water partition coefficient (Wildman–Crippen LogP) is 2.05. The van der Waals surface area contributed by atoms with E-state index in [2.05, 4.69) is 74.1 Å². The van der Waals surface area contributed by atoms with Gasteiger partial charge in [-0.3, -0.25) is 0 Å². The van der Waals surface area contributed by atoms with E-state index in [4.69, 9.17) is 4.74 Å². The van der Waals surface area contributed by atoms with E-state index < -0.39 is 0 Å². The molecule has 0 amide bonds. The van der Waals surface area contributed by atoms with E-state index in [9.17, 15) is 0 Å². The first-order chi connectivity index (χ1) is 11.2. The number of hydrogen-bond donors (Lipinski definition) is 0. The van der Waals surface area contributed by atoms with Crippen LogP contribution in [0.3, 0.4) is 0 Å². The summed E-state index contributed by atoms with van der Waals surface area (Å²) in [6.45, 7) is 8.37. The summed E-state index contributed by atoms with van der Waals surface area (Å²) in [6, 6.07) is 15.1. The zero-order valence-electron chi connectivity index (χ0n) is 15.1. The standard InChI is InChI=1S/C21H30NO.BrH/c1-4-5-9-16-23-21(17-22-14-7-6-8-15-22)20-12-10-19(11-13-20)18(2)3;/h6-8,10-15,18,21H,4-5,9,16-17H2,1-3H3;1H/q+1;/p-1. The van der Waals surface area contributed by atoms with Crippen LogP contribution in [0, 0.1) is 0 Å². The van der Waals surface area contributed by atoms with Crippen LogP contribution in [0.2, 0.25) is 0 Å². The second-order valence-electron chi connectivity index (χ2n) is 6.46. The zero-order valence-corrected chi connectivity index (χ0v) is 16.7. The Morgan fingerprint density at radius 2 is 1.54 bits per heavy atom. The normalized spacial score (nSPS) is 12.0. The van der Waals surface area contributed by atoms with Crippen LogP contribution in [0.4, 0.5) is 0 Å². The van der Waals surface area contributed by atoms with Gasteiger partial charge in [-0.2, -0.15) is 0 Å². The molecule has 1 unspecified atom stereocenters. The fourth-order valence-corrected chi connectivity index (χ4v) is 2.68. The van der Waals surface area contributed by atoms with Gasteiger partial charge in [0.1, 0.15) is 6.10 Å². The highest BCUT2D eigenvalue weighted by Gasteiger charge is 2.17. The minimum Gasteiger partial charge on any atom is -1.00 e. The summed E-state index contributed by atoms with van der Waals surface area (Å²) in [4.78, 5) is 0. The number of pyridine rings is 1. The van der Waals surface area contributed by atoms with Crippen molar-refractivity contribution in [3.05, 3.63) is 66.0 Å². The highest BCUT2D eigenvalue weighted by molar-refractivity contribution is 5.26. The van der Waals surface area contributed by atoms with Crippen molar-refractivity contribution < 1.29 is 26.3 Å². The molecular weight excluding hydrogens is 362 g/mol. The Morgan fingerprint density at radius 1 is 0.917 bits per heavy atom. The van der Waals surface area contributed by atoms with Gasteiger partial charge in [0.05, 0.1) is 0 Å². The summed E-state index contributed by atoms with van der Waals surface area (Å²) in [5.41, 5.74) is 2.65. The molecule has 132 valence electrons. The molecule has 0 saturated heterocycles. The van der Waals surface area contributed by atoms with E-state index in [0.29, 0.717) is 5.92 Å². The van der Waals surface area contributed by atoms with Gasteiger partial charge >= 0.3 is 0 Å². The Balaban J connectivity index is 0.00000288. The van der Waals surface area contributed by atoms with Gasteiger partial charge in [0.25, 0.3) is 0 Å². The number of rotatable bonds is 9. The third-order valence-corrected chi connectivity index (χ3v) is 4.20. The molecule has 1 atom stereocenters. The van der Waals surface area contributed by atoms with Crippen LogP contribution in [0.15, 0.2) is 54.9 Å². The fraction of sp³-hybridized carbons (Fsp3) is 0.476. The molecule has 1 heterocycles. The summed E-state index contributed by atoms with van der Waals surface area (Å²) >= 11 is 0. The Kier molecular flexibility index (Phi) is 9.89. The molecule has 0 aliphatic rings. The third-order valence-electron chi connectivity index (χ3n) is 4.20. The van der Waals surface area contributed by atoms with E-state index in [0.717, 1.165) is 19.6 Å². The molecular formula is C21H30BrNO. The molecule has 0 saturated carbocycles. The van der Waals surface area contributed by atoms with Crippen molar-refractivity contribution in [3.63, 3.8) is 0 Å². The zero-order chi connectivity index (χ0) is 16.5. The number of benzene rings is 1. The van der Waals surface area contributed by atoms with Gasteiger partial charge < -0.3 is 21.7 Å². The van der Waals surface area contributed by atoms with Crippen molar-refractivity contribution in [2.75, 3.05) is 6.61 Å². The molecule has 0 radical (unpaired) electrons. The molecule has 2 rings (SSSR count). The highest BCUT2D eigenvalue weighted by Crippen LogP contribution is 2.22. The number of unbranched alkanes of at least 4 members (excludes halogenated alkanes) is 2. The van der Waals surface area contributed by atoms with E-state index in [1.54, 1.807) is 0 Å². The first kappa shape index (κ1) is 20.9. The van der Waals surface area contributed by atoms with E-state index in [1.165, 1.54) is 24.0 Å². The SMILES string of the molecule is CCCCCOC(C[n+]1ccccc1)c1ccc(C(C)C)cc1.[Br-]. The van der Waals surface area contributed by atoms with Gasteiger partial charge in [-0.15, -0.1) is 0 Å². The lowest BCUT2D eigenvalue weighted by Gasteiger charge is -2.17. The van der Waals surface area contributed by atoms with Gasteiger partial charge in [0.15, 0.2) is 18.9 Å². The molecule has 1 aromatic carbocycles. The molecule has 2 nitrogen and oxygen atoms in total. The summed E-state index contributed by atoms with van der Waals surface area (Å²) in [6.07, 6.45) is 7.91. The Bertz CT molecular complexity index is 554. The van der Waals surface area contributed by atoms with Crippen LogP contribution in [-0.4, -0.2) is 6.61 Å². The molecule has 0 N–H and O–H groups in total. The van der Waals surface area contributed by atoms with Crippen molar-refractivity contribution >= 4 is 0 Å². The molecule has 24 heavy (non-hydrogen) atoms. The minimum atomic E-state index is 0. The smallest absolute Gasteiger partial charge is 0.178 e. The van der Waals surface area contributed by atoms with Crippen LogP contribution >= 0.6 is 0 Å². The average molecular weight is 392 g/mol. The van der Waals surface area contributed by atoms with Crippen molar-refractivity contribution in [1.82, 2.24) is 0 Å². The van der Waals surface area contributed by atoms with Crippen molar-refractivity contribution in [2.45, 2.75) is 58.6 Å². The number of nitrogens with zero attached hydrogens (tertiary/aromatic N) is 1. The Hall–Kier alpha value is -1.19. The predicted molar refractivity (Wildman–Crippen MR) is 95.4 cm³/mol. The summed E-state index contributed by atoms with van der Waals surface area (Å²) < 4.78 is 8.41. The van der Waals surface area contributed by atoms with E-state index in [-0.39, 0.29) is 23.1 Å². The lowest BCUT2D eigenvalue weighted by Crippen LogP contribution is -3.00. The minimum absolute atomic E-state index is 0. The molecule has 1 aromatic heterocycles. The van der Waals surface area contributed by atoms with E-state index >= 15 is 0 Å². The van der Waals surface area contributed by atoms with Crippen LogP contribution in [0.5, 0.6) is 0 Å². The average Bonchev–Trinajstić information content (AvgIpc) is 2.58. The second kappa shape index (κ2) is 11.4. The molecule has 0 aliphatic carbocycles. The van der Waals surface area contributed by atoms with Gasteiger partial charge in [0.2, 0.25) is 0 Å². The topological polar surface area (TPSA) is 13.1 Å². The van der Waals surface area contributed by atoms with Crippen LogP contribution < -0.4 is 21.5 Å². The van der Waals surface area contributed by atoms with Gasteiger partial charge in [-0.1, -0.05) is 63.9 Å². The second-order valence-corrected chi connectivity index (χ2v) is 6.46. The lowest BCUT2D eigenvalue weighted by molar-refractivity contribution is -0.705. The van der Waals surface area contributed by atoms with Crippen LogP contribution in [-0.2, 0) is 11.3 Å². The highest BCUT2D eigenvalue weighted by atomic mass is 79.9. The van der Waals surface area contributed by atoms with Crippen molar-refractivity contribution in [2.24, 2.45) is 0 Å². The van der Waals surface area contributed by atoms with E-state index in [1.807, 2.05) is 6.07 Å². The van der Waals surface area contributed by atoms with Crippen LogP contribution in [0.1, 0.15) is 63.2 Å². The maximum absolute atomic E-state index is 6.21. The molecule has 0 bridgehead atoms. The molecule has 0 spiro atoms. The maximum atomic E-state index is 6.21. The van der Waals surface area contributed by atoms with Gasteiger partial charge in [0, 0.05) is 18.7 Å². The summed E-state index contributed by atoms with van der Waals surface area (Å²) in [5, 5.41) is 0. The van der Waals surface area contributed by atoms with Gasteiger partial charge in [-0.25, -0.2) is 4.57 Å². The maximum Gasteiger partial charge on any atom is 0.178 e. The number of hydrogen-bond acceptors (Lipinski definition) is 1. The lowest BCUT2D eigenvalue weighted by atomic mass is 10.00. The van der Waals surface area contributed by atoms with Crippen molar-refractivity contribution in [3.8, 4) is 0 Å². The monoisotopic (exact) mass is 391 g/mol. The molecule has 0 fully saturated rings. The molecule has 2 aromatic rings. The summed E-state index contributed by atoms with van der Waals surface area (Å²) in [7, 11) is 0. The van der Waals surface area contributed by atoms with Crippen molar-refractivity contribution in [1.29, 1.82) is 0 Å². The number of aromatic nitrogens is 1. The first-order valence-electron chi connectivity index (χ1n) is 8.86. The third kappa shape index (κ3) is 6.74. The Labute approximate surface area is 157 Å². The molecule has 0 aliphatic heterocycles. The number of halogens is 1. The fourth-order valence-electron chi connectivity index (χ4n) is 2.68. The quantitative estimate of drug-likeness (QED) is 0.470. The summed E-state index contributed by atoms with van der Waals surface area (Å²) in [5.74, 6) is 0.566. The van der Waals surface area contributed by atoms with Crippen LogP contribution in [0.25, 0.3) is 0 Å². The Morgan fingerprint density at radius 3 is 2.12 bits per heavy atom. The van der Waals surface area contributed by atoms with Gasteiger partial charge in [-0.05, 0) is 23.5 Å². The molecule has 3 heteroatoms. The first-order valence-corrected chi connectivity index (χ1v) is 8.86.